The van der Waals surface area contributed by atoms with Crippen molar-refractivity contribution in [3.63, 3.8) is 0 Å². The summed E-state index contributed by atoms with van der Waals surface area (Å²) < 4.78 is 1.42. The fourth-order valence-electron chi connectivity index (χ4n) is 0.957. The van der Waals surface area contributed by atoms with Crippen LogP contribution in [0.2, 0.25) is 0 Å². The summed E-state index contributed by atoms with van der Waals surface area (Å²) >= 11 is 0. The standard InChI is InChI=1S/C7H5N3O/c11-5-10-2-6-1-8-4-9-7(6)3-10/h1-5H. The van der Waals surface area contributed by atoms with Crippen molar-refractivity contribution in [2.75, 3.05) is 0 Å². The lowest BCUT2D eigenvalue weighted by Crippen LogP contribution is -1.86. The number of carbonyl (C=O) groups excluding carboxylic acids is 1. The number of aromatic nitrogens is 3. The van der Waals surface area contributed by atoms with Crippen LogP contribution in [0.15, 0.2) is 24.9 Å². The molecule has 54 valence electrons. The van der Waals surface area contributed by atoms with Gasteiger partial charge in [-0.1, -0.05) is 0 Å². The second kappa shape index (κ2) is 2.16. The van der Waals surface area contributed by atoms with Crippen molar-refractivity contribution >= 4 is 17.3 Å². The normalized spacial score (nSPS) is 10.2. The van der Waals surface area contributed by atoms with E-state index < -0.39 is 0 Å². The molecule has 0 aliphatic heterocycles. The van der Waals surface area contributed by atoms with Crippen LogP contribution in [0.3, 0.4) is 0 Å². The van der Waals surface area contributed by atoms with Crippen molar-refractivity contribution in [2.24, 2.45) is 0 Å². The van der Waals surface area contributed by atoms with E-state index in [1.165, 1.54) is 10.9 Å². The third-order valence-corrected chi connectivity index (χ3v) is 1.45. The SMILES string of the molecule is O=Cn1cc2cncnc2c1. The quantitative estimate of drug-likeness (QED) is 0.551. The molecule has 2 aromatic rings. The average Bonchev–Trinajstić information content (AvgIpc) is 2.46. The molecule has 0 spiro atoms. The minimum Gasteiger partial charge on any atom is -0.294 e. The van der Waals surface area contributed by atoms with Crippen LogP contribution in [0, 0.1) is 0 Å². The number of hydrogen-bond donors (Lipinski definition) is 0. The van der Waals surface area contributed by atoms with Crippen molar-refractivity contribution in [1.29, 1.82) is 0 Å². The van der Waals surface area contributed by atoms with Gasteiger partial charge in [-0.15, -0.1) is 0 Å². The molecule has 2 rings (SSSR count). The largest absolute Gasteiger partial charge is 0.294 e. The maximum Gasteiger partial charge on any atom is 0.217 e. The third-order valence-electron chi connectivity index (χ3n) is 1.45. The van der Waals surface area contributed by atoms with Gasteiger partial charge in [0.2, 0.25) is 6.41 Å². The minimum atomic E-state index is 0.724. The predicted molar refractivity (Wildman–Crippen MR) is 39.7 cm³/mol. The van der Waals surface area contributed by atoms with E-state index in [0.29, 0.717) is 0 Å². The van der Waals surface area contributed by atoms with Gasteiger partial charge in [0.05, 0.1) is 5.52 Å². The van der Waals surface area contributed by atoms with Gasteiger partial charge in [-0.3, -0.25) is 9.36 Å². The van der Waals surface area contributed by atoms with E-state index in [0.717, 1.165) is 17.3 Å². The van der Waals surface area contributed by atoms with Crippen molar-refractivity contribution in [1.82, 2.24) is 14.5 Å². The highest BCUT2D eigenvalue weighted by Crippen LogP contribution is 2.08. The van der Waals surface area contributed by atoms with E-state index in [1.807, 2.05) is 0 Å². The second-order valence-corrected chi connectivity index (χ2v) is 2.17. The van der Waals surface area contributed by atoms with Gasteiger partial charge in [-0.25, -0.2) is 9.97 Å². The maximum atomic E-state index is 10.3. The monoisotopic (exact) mass is 147 g/mol. The molecule has 0 saturated carbocycles. The van der Waals surface area contributed by atoms with Crippen LogP contribution in [-0.2, 0) is 4.79 Å². The maximum absolute atomic E-state index is 10.3. The van der Waals surface area contributed by atoms with Gasteiger partial charge in [-0.2, -0.15) is 0 Å². The van der Waals surface area contributed by atoms with Crippen molar-refractivity contribution in [2.45, 2.75) is 0 Å². The van der Waals surface area contributed by atoms with Gasteiger partial charge < -0.3 is 0 Å². The molecule has 2 heterocycles. The van der Waals surface area contributed by atoms with E-state index >= 15 is 0 Å². The van der Waals surface area contributed by atoms with Gasteiger partial charge in [0.15, 0.2) is 0 Å². The Balaban J connectivity index is 2.78. The highest BCUT2D eigenvalue weighted by Gasteiger charge is 1.96. The fraction of sp³-hybridized carbons (Fsp3) is 0. The molecule has 0 aliphatic rings. The Morgan fingerprint density at radius 2 is 2.36 bits per heavy atom. The highest BCUT2D eigenvalue weighted by atomic mass is 16.1. The van der Waals surface area contributed by atoms with Crippen LogP contribution in [0.25, 0.3) is 10.9 Å². The molecule has 0 unspecified atom stereocenters. The molecule has 0 aromatic carbocycles. The van der Waals surface area contributed by atoms with Gasteiger partial charge in [0.1, 0.15) is 6.33 Å². The summed E-state index contributed by atoms with van der Waals surface area (Å²) in [4.78, 5) is 18.1. The van der Waals surface area contributed by atoms with E-state index in [1.54, 1.807) is 18.6 Å². The van der Waals surface area contributed by atoms with Crippen LogP contribution >= 0.6 is 0 Å². The molecular weight excluding hydrogens is 142 g/mol. The number of rotatable bonds is 1. The van der Waals surface area contributed by atoms with E-state index in [-0.39, 0.29) is 0 Å². The molecule has 4 heteroatoms. The smallest absolute Gasteiger partial charge is 0.217 e. The summed E-state index contributed by atoms with van der Waals surface area (Å²) in [6.45, 7) is 0. The molecule has 0 amide bonds. The molecule has 4 nitrogen and oxygen atoms in total. The Morgan fingerprint density at radius 3 is 3.09 bits per heavy atom. The van der Waals surface area contributed by atoms with Crippen LogP contribution < -0.4 is 0 Å². The van der Waals surface area contributed by atoms with Gasteiger partial charge >= 0.3 is 0 Å². The molecule has 11 heavy (non-hydrogen) atoms. The molecule has 0 atom stereocenters. The first-order chi connectivity index (χ1) is 5.40. The first kappa shape index (κ1) is 6.03. The summed E-state index contributed by atoms with van der Waals surface area (Å²) in [5.74, 6) is 0. The minimum absolute atomic E-state index is 0.724. The van der Waals surface area contributed by atoms with Crippen molar-refractivity contribution in [3.8, 4) is 0 Å². The Morgan fingerprint density at radius 1 is 1.45 bits per heavy atom. The van der Waals surface area contributed by atoms with Gasteiger partial charge in [-0.05, 0) is 0 Å². The first-order valence-corrected chi connectivity index (χ1v) is 3.12. The lowest BCUT2D eigenvalue weighted by molar-refractivity contribution is 0.547. The Hall–Kier alpha value is -1.71. The molecule has 2 aromatic heterocycles. The summed E-state index contributed by atoms with van der Waals surface area (Å²) in [5, 5.41) is 0.875. The van der Waals surface area contributed by atoms with Crippen LogP contribution in [0.5, 0.6) is 0 Å². The molecule has 0 fully saturated rings. The number of nitrogens with zero attached hydrogens (tertiary/aromatic N) is 3. The summed E-state index contributed by atoms with van der Waals surface area (Å²) in [5.41, 5.74) is 0.784. The summed E-state index contributed by atoms with van der Waals surface area (Å²) in [6, 6.07) is 0. The molecule has 0 radical (unpaired) electrons. The average molecular weight is 147 g/mol. The Bertz CT molecular complexity index is 360. The van der Waals surface area contributed by atoms with Crippen molar-refractivity contribution < 1.29 is 4.79 Å². The fourth-order valence-corrected chi connectivity index (χ4v) is 0.957. The summed E-state index contributed by atoms with van der Waals surface area (Å²) in [7, 11) is 0. The van der Waals surface area contributed by atoms with Crippen LogP contribution in [0.4, 0.5) is 0 Å². The number of carbonyl (C=O) groups is 1. The molecular formula is C7H5N3O. The lowest BCUT2D eigenvalue weighted by Gasteiger charge is -1.80. The molecule has 0 bridgehead atoms. The van der Waals surface area contributed by atoms with Gasteiger partial charge in [0.25, 0.3) is 0 Å². The zero-order chi connectivity index (χ0) is 7.68. The second-order valence-electron chi connectivity index (χ2n) is 2.17. The zero-order valence-electron chi connectivity index (χ0n) is 5.64. The highest BCUT2D eigenvalue weighted by molar-refractivity contribution is 5.79. The van der Waals surface area contributed by atoms with Gasteiger partial charge in [0, 0.05) is 24.0 Å². The van der Waals surface area contributed by atoms with E-state index in [9.17, 15) is 4.79 Å². The van der Waals surface area contributed by atoms with Crippen LogP contribution in [-0.4, -0.2) is 20.9 Å². The Labute approximate surface area is 62.5 Å². The summed E-state index contributed by atoms with van der Waals surface area (Å²) in [6.07, 6.45) is 7.19. The predicted octanol–water partition coefficient (Wildman–Crippen LogP) is 0.470. The topological polar surface area (TPSA) is 47.8 Å². The van der Waals surface area contributed by atoms with E-state index in [4.69, 9.17) is 0 Å². The molecule has 0 aliphatic carbocycles. The van der Waals surface area contributed by atoms with E-state index in [2.05, 4.69) is 9.97 Å². The van der Waals surface area contributed by atoms with Crippen LogP contribution in [0.1, 0.15) is 0 Å². The number of hydrogen-bond acceptors (Lipinski definition) is 3. The zero-order valence-corrected chi connectivity index (χ0v) is 5.64. The molecule has 0 N–H and O–H groups in total. The molecule has 0 saturated heterocycles. The number of fused-ring (bicyclic) bond motifs is 1. The first-order valence-electron chi connectivity index (χ1n) is 3.12. The van der Waals surface area contributed by atoms with Crippen molar-refractivity contribution in [3.05, 3.63) is 24.9 Å². The third kappa shape index (κ3) is 0.881. The lowest BCUT2D eigenvalue weighted by atomic mass is 10.4. The Kier molecular flexibility index (Phi) is 1.18.